The van der Waals surface area contributed by atoms with E-state index in [2.05, 4.69) is 15.3 Å². The Labute approximate surface area is 201 Å². The molecule has 2 aromatic carbocycles. The number of benzene rings is 2. The van der Waals surface area contributed by atoms with Gasteiger partial charge in [-0.1, -0.05) is 79.2 Å². The zero-order valence-electron chi connectivity index (χ0n) is 19.4. The van der Waals surface area contributed by atoms with Crippen LogP contribution in [0.15, 0.2) is 76.4 Å². The molecule has 0 atom stereocenters. The van der Waals surface area contributed by atoms with Gasteiger partial charge in [0.15, 0.2) is 11.4 Å². The Balaban J connectivity index is 1.69. The molecule has 1 amide bonds. The second kappa shape index (κ2) is 10.6. The van der Waals surface area contributed by atoms with Crippen LogP contribution in [0, 0.1) is 0 Å². The second-order valence-corrected chi connectivity index (χ2v) is 8.16. The summed E-state index contributed by atoms with van der Waals surface area (Å²) in [6.45, 7) is 2.81. The molecule has 0 saturated heterocycles. The molecule has 4 rings (SSSR count). The first-order valence-electron chi connectivity index (χ1n) is 11.4. The van der Waals surface area contributed by atoms with Gasteiger partial charge in [-0.2, -0.15) is 0 Å². The third-order valence-electron chi connectivity index (χ3n) is 5.59. The molecular formula is C25H27N7O3. The highest BCUT2D eigenvalue weighted by Gasteiger charge is 2.27. The number of H-pyrrole nitrogens is 1. The number of hydrogen-bond acceptors (Lipinski definition) is 6. The zero-order valence-corrected chi connectivity index (χ0v) is 19.4. The Morgan fingerprint density at radius 1 is 1.00 bits per heavy atom. The van der Waals surface area contributed by atoms with Crippen molar-refractivity contribution in [1.82, 2.24) is 24.5 Å². The molecule has 0 saturated carbocycles. The summed E-state index contributed by atoms with van der Waals surface area (Å²) in [6, 6.07) is 18.9. The molecule has 3 N–H and O–H groups in total. The number of nitrogens with two attached hydrogens (primary N) is 1. The Bertz CT molecular complexity index is 1410. The minimum absolute atomic E-state index is 0.0726. The summed E-state index contributed by atoms with van der Waals surface area (Å²) < 4.78 is 2.81. The summed E-state index contributed by atoms with van der Waals surface area (Å²) in [5, 5.41) is 8.10. The van der Waals surface area contributed by atoms with Crippen molar-refractivity contribution in [3.63, 3.8) is 0 Å². The zero-order chi connectivity index (χ0) is 24.8. The number of nitrogen functional groups attached to an aromatic ring is 1. The number of nitrogens with one attached hydrogen (secondary N) is 1. The van der Waals surface area contributed by atoms with Crippen molar-refractivity contribution in [3.8, 4) is 0 Å². The molecule has 0 fully saturated rings. The molecule has 35 heavy (non-hydrogen) atoms. The summed E-state index contributed by atoms with van der Waals surface area (Å²) in [5.74, 6) is -0.594. The van der Waals surface area contributed by atoms with E-state index in [1.54, 1.807) is 10.9 Å². The van der Waals surface area contributed by atoms with E-state index in [1.807, 2.05) is 67.6 Å². The van der Waals surface area contributed by atoms with E-state index in [0.29, 0.717) is 13.0 Å². The highest BCUT2D eigenvalue weighted by molar-refractivity contribution is 6.05. The number of nitrogens with zero attached hydrogens (tertiary/aromatic N) is 5. The maximum Gasteiger partial charge on any atom is 0.330 e. The molecule has 10 heteroatoms. The quantitative estimate of drug-likeness (QED) is 0.383. The molecule has 0 aliphatic rings. The second-order valence-electron chi connectivity index (χ2n) is 8.16. The van der Waals surface area contributed by atoms with Gasteiger partial charge in [-0.05, 0) is 17.5 Å². The molecule has 0 aliphatic carbocycles. The van der Waals surface area contributed by atoms with Crippen molar-refractivity contribution in [2.24, 2.45) is 0 Å². The monoisotopic (exact) mass is 473 g/mol. The number of anilines is 2. The molecule has 0 unspecified atom stereocenters. The first-order valence-corrected chi connectivity index (χ1v) is 11.4. The highest BCUT2D eigenvalue weighted by Crippen LogP contribution is 2.20. The van der Waals surface area contributed by atoms with Crippen molar-refractivity contribution >= 4 is 17.4 Å². The van der Waals surface area contributed by atoms with Crippen LogP contribution in [-0.2, 0) is 13.1 Å². The van der Waals surface area contributed by atoms with Crippen LogP contribution >= 0.6 is 0 Å². The Hall–Kier alpha value is -4.47. The lowest BCUT2D eigenvalue weighted by molar-refractivity contribution is 0.0981. The number of carbonyl (C=O) groups excluding carboxylic acids is 1. The van der Waals surface area contributed by atoms with Crippen LogP contribution in [0.2, 0.25) is 0 Å². The number of carbonyl (C=O) groups is 1. The first-order chi connectivity index (χ1) is 17.0. The minimum atomic E-state index is -0.724. The van der Waals surface area contributed by atoms with E-state index in [-0.39, 0.29) is 30.3 Å². The van der Waals surface area contributed by atoms with Gasteiger partial charge in [-0.3, -0.25) is 24.0 Å². The smallest absolute Gasteiger partial charge is 0.330 e. The van der Waals surface area contributed by atoms with Gasteiger partial charge in [0.25, 0.3) is 11.5 Å². The van der Waals surface area contributed by atoms with E-state index in [1.165, 1.54) is 9.47 Å². The molecule has 180 valence electrons. The molecule has 0 bridgehead atoms. The fraction of sp³-hybridized carbons (Fsp3) is 0.240. The topological polar surface area (TPSA) is 132 Å². The molecular weight excluding hydrogens is 446 g/mol. The maximum absolute atomic E-state index is 13.5. The number of aromatic amines is 1. The molecule has 10 nitrogen and oxygen atoms in total. The van der Waals surface area contributed by atoms with Crippen LogP contribution in [0.25, 0.3) is 0 Å². The van der Waals surface area contributed by atoms with Gasteiger partial charge < -0.3 is 5.73 Å². The SMILES string of the molecule is CCCCN(C(=O)c1cn(Cc2ccccc2)nn1)c1c(N)n(Cc2ccccc2)c(=O)[nH]c1=O. The Morgan fingerprint density at radius 3 is 2.26 bits per heavy atom. The third kappa shape index (κ3) is 5.37. The third-order valence-corrected chi connectivity index (χ3v) is 5.59. The van der Waals surface area contributed by atoms with Gasteiger partial charge >= 0.3 is 5.69 Å². The lowest BCUT2D eigenvalue weighted by Gasteiger charge is -2.23. The van der Waals surface area contributed by atoms with Crippen molar-refractivity contribution in [2.75, 3.05) is 17.2 Å². The fourth-order valence-corrected chi connectivity index (χ4v) is 3.77. The number of unbranched alkanes of at least 4 members (excludes halogenated alkanes) is 1. The van der Waals surface area contributed by atoms with E-state index in [9.17, 15) is 14.4 Å². The average molecular weight is 474 g/mol. The lowest BCUT2D eigenvalue weighted by atomic mass is 10.2. The van der Waals surface area contributed by atoms with Crippen molar-refractivity contribution in [3.05, 3.63) is 105 Å². The first kappa shape index (κ1) is 23.7. The molecule has 0 aliphatic heterocycles. The van der Waals surface area contributed by atoms with E-state index >= 15 is 0 Å². The van der Waals surface area contributed by atoms with E-state index in [0.717, 1.165) is 17.5 Å². The normalized spacial score (nSPS) is 10.9. The van der Waals surface area contributed by atoms with Crippen molar-refractivity contribution < 1.29 is 4.79 Å². The molecule has 2 aromatic heterocycles. The largest absolute Gasteiger partial charge is 0.383 e. The number of hydrogen-bond donors (Lipinski definition) is 2. The summed E-state index contributed by atoms with van der Waals surface area (Å²) in [5.41, 5.74) is 6.81. The van der Waals surface area contributed by atoms with E-state index < -0.39 is 17.2 Å². The van der Waals surface area contributed by atoms with E-state index in [4.69, 9.17) is 5.73 Å². The van der Waals surface area contributed by atoms with Crippen molar-refractivity contribution in [2.45, 2.75) is 32.9 Å². The van der Waals surface area contributed by atoms with Crippen LogP contribution in [0.5, 0.6) is 0 Å². The van der Waals surface area contributed by atoms with Gasteiger partial charge in [0.1, 0.15) is 5.82 Å². The van der Waals surface area contributed by atoms with Gasteiger partial charge in [0, 0.05) is 6.54 Å². The number of amides is 1. The van der Waals surface area contributed by atoms with Crippen molar-refractivity contribution in [1.29, 1.82) is 0 Å². The van der Waals surface area contributed by atoms with Crippen LogP contribution in [0.3, 0.4) is 0 Å². The van der Waals surface area contributed by atoms with Gasteiger partial charge in [0.05, 0.1) is 19.3 Å². The Kier molecular flexibility index (Phi) is 7.20. The van der Waals surface area contributed by atoms with Crippen LogP contribution in [0.4, 0.5) is 11.5 Å². The summed E-state index contributed by atoms with van der Waals surface area (Å²) >= 11 is 0. The maximum atomic E-state index is 13.5. The molecule has 4 aromatic rings. The van der Waals surface area contributed by atoms with Crippen LogP contribution in [0.1, 0.15) is 41.4 Å². The van der Waals surface area contributed by atoms with Gasteiger partial charge in [0.2, 0.25) is 0 Å². The summed E-state index contributed by atoms with van der Waals surface area (Å²) in [7, 11) is 0. The predicted octanol–water partition coefficient (Wildman–Crippen LogP) is 2.25. The highest BCUT2D eigenvalue weighted by atomic mass is 16.2. The molecule has 0 spiro atoms. The number of rotatable bonds is 9. The average Bonchev–Trinajstić information content (AvgIpc) is 3.33. The Morgan fingerprint density at radius 2 is 1.63 bits per heavy atom. The molecule has 2 heterocycles. The number of aromatic nitrogens is 5. The van der Waals surface area contributed by atoms with Gasteiger partial charge in [-0.25, -0.2) is 9.48 Å². The van der Waals surface area contributed by atoms with Crippen LogP contribution in [-0.4, -0.2) is 37.0 Å². The standard InChI is InChI=1S/C25H27N7O3/c1-2-3-14-31(24(34)20-17-30(29-28-20)15-18-10-6-4-7-11-18)21-22(26)32(25(35)27-23(21)33)16-19-12-8-5-9-13-19/h4-13,17H,2-3,14-16,26H2,1H3,(H,27,33,35). The molecule has 0 radical (unpaired) electrons. The fourth-order valence-electron chi connectivity index (χ4n) is 3.77. The van der Waals surface area contributed by atoms with Crippen LogP contribution < -0.4 is 21.9 Å². The predicted molar refractivity (Wildman–Crippen MR) is 133 cm³/mol. The minimum Gasteiger partial charge on any atom is -0.383 e. The summed E-state index contributed by atoms with van der Waals surface area (Å²) in [6.07, 6.45) is 2.95. The summed E-state index contributed by atoms with van der Waals surface area (Å²) in [4.78, 5) is 42.5. The lowest BCUT2D eigenvalue weighted by Crippen LogP contribution is -2.42. The van der Waals surface area contributed by atoms with Gasteiger partial charge in [-0.15, -0.1) is 5.10 Å².